The summed E-state index contributed by atoms with van der Waals surface area (Å²) in [6.07, 6.45) is 4.93. The van der Waals surface area contributed by atoms with Crippen molar-refractivity contribution in [3.05, 3.63) is 65.5 Å². The van der Waals surface area contributed by atoms with Crippen molar-refractivity contribution in [1.29, 1.82) is 0 Å². The van der Waals surface area contributed by atoms with E-state index in [-0.39, 0.29) is 11.5 Å². The summed E-state index contributed by atoms with van der Waals surface area (Å²) in [6, 6.07) is 6.79. The predicted molar refractivity (Wildman–Crippen MR) is 126 cm³/mol. The van der Waals surface area contributed by atoms with Crippen molar-refractivity contribution in [2.45, 2.75) is 0 Å². The summed E-state index contributed by atoms with van der Waals surface area (Å²) in [4.78, 5) is 27.1. The summed E-state index contributed by atoms with van der Waals surface area (Å²) in [5, 5.41) is 1.06. The van der Waals surface area contributed by atoms with Gasteiger partial charge in [0.1, 0.15) is 23.8 Å². The second-order valence-electron chi connectivity index (χ2n) is 8.15. The van der Waals surface area contributed by atoms with Crippen LogP contribution in [0.1, 0.15) is 0 Å². The maximum atomic E-state index is 14.3. The fourth-order valence-electron chi connectivity index (χ4n) is 3.84. The van der Waals surface area contributed by atoms with Gasteiger partial charge in [0.15, 0.2) is 0 Å². The first-order valence-electron chi connectivity index (χ1n) is 10.6. The Morgan fingerprint density at radius 2 is 1.85 bits per heavy atom. The maximum Gasteiger partial charge on any atom is 0.246 e. The van der Waals surface area contributed by atoms with Crippen LogP contribution in [0.25, 0.3) is 22.0 Å². The maximum absolute atomic E-state index is 14.3. The highest BCUT2D eigenvalue weighted by Gasteiger charge is 2.23. The summed E-state index contributed by atoms with van der Waals surface area (Å²) in [7, 11) is 3.90. The predicted octanol–water partition coefficient (Wildman–Crippen LogP) is 3.99. The number of nitrogens with zero attached hydrogens (tertiary/aromatic N) is 5. The Bertz CT molecular complexity index is 1210. The fourth-order valence-corrected chi connectivity index (χ4v) is 4.10. The Balaban J connectivity index is 1.55. The number of hydrogen-bond donors (Lipinski definition) is 0. The van der Waals surface area contributed by atoms with Crippen LogP contribution in [0.15, 0.2) is 48.8 Å². The van der Waals surface area contributed by atoms with E-state index in [1.54, 1.807) is 18.2 Å². The molecule has 1 aromatic heterocycles. The number of carbonyl (C=O) groups excluding carboxylic acids is 1. The van der Waals surface area contributed by atoms with E-state index >= 15 is 0 Å². The third-order valence-electron chi connectivity index (χ3n) is 5.55. The van der Waals surface area contributed by atoms with Gasteiger partial charge < -0.3 is 14.7 Å². The van der Waals surface area contributed by atoms with Gasteiger partial charge >= 0.3 is 0 Å². The molecule has 33 heavy (non-hydrogen) atoms. The quantitative estimate of drug-likeness (QED) is 0.527. The van der Waals surface area contributed by atoms with Crippen LogP contribution in [-0.2, 0) is 4.79 Å². The molecule has 1 saturated heterocycles. The van der Waals surface area contributed by atoms with Crippen LogP contribution in [0.4, 0.5) is 14.6 Å². The lowest BCUT2D eigenvalue weighted by Crippen LogP contribution is -2.48. The lowest BCUT2D eigenvalue weighted by molar-refractivity contribution is -0.126. The first kappa shape index (κ1) is 23.1. The molecule has 0 radical (unpaired) electrons. The minimum Gasteiger partial charge on any atom is -0.352 e. The van der Waals surface area contributed by atoms with E-state index in [0.29, 0.717) is 54.6 Å². The number of piperazine rings is 1. The van der Waals surface area contributed by atoms with Crippen LogP contribution >= 0.6 is 11.6 Å². The summed E-state index contributed by atoms with van der Waals surface area (Å²) in [5.41, 5.74) is 1.25. The highest BCUT2D eigenvalue weighted by atomic mass is 35.5. The molecule has 0 spiro atoms. The Morgan fingerprint density at radius 1 is 1.09 bits per heavy atom. The van der Waals surface area contributed by atoms with E-state index in [2.05, 4.69) is 14.9 Å². The Hall–Kier alpha value is -3.10. The van der Waals surface area contributed by atoms with E-state index in [0.717, 1.165) is 11.5 Å². The normalized spacial score (nSPS) is 14.6. The molecule has 0 N–H and O–H groups in total. The van der Waals surface area contributed by atoms with Gasteiger partial charge in [-0.1, -0.05) is 17.7 Å². The van der Waals surface area contributed by atoms with E-state index in [1.807, 2.05) is 30.0 Å². The highest BCUT2D eigenvalue weighted by molar-refractivity contribution is 6.34. The van der Waals surface area contributed by atoms with Crippen LogP contribution in [-0.4, -0.2) is 72.5 Å². The van der Waals surface area contributed by atoms with Gasteiger partial charge in [-0.3, -0.25) is 4.79 Å². The molecule has 1 fully saturated rings. The summed E-state index contributed by atoms with van der Waals surface area (Å²) < 4.78 is 27.6. The molecule has 6 nitrogen and oxygen atoms in total. The van der Waals surface area contributed by atoms with Gasteiger partial charge in [-0.15, -0.1) is 0 Å². The number of aromatic nitrogens is 2. The fraction of sp³-hybridized carbons (Fsp3) is 0.292. The zero-order chi connectivity index (χ0) is 23.5. The second-order valence-corrected chi connectivity index (χ2v) is 8.55. The molecule has 1 aliphatic heterocycles. The monoisotopic (exact) mass is 471 g/mol. The molecule has 1 amide bonds. The molecule has 0 atom stereocenters. The molecule has 0 bridgehead atoms. The number of amides is 1. The van der Waals surface area contributed by atoms with Crippen LogP contribution < -0.4 is 4.90 Å². The van der Waals surface area contributed by atoms with Gasteiger partial charge in [0.25, 0.3) is 0 Å². The molecule has 2 aromatic carbocycles. The van der Waals surface area contributed by atoms with Gasteiger partial charge in [-0.05, 0) is 38.4 Å². The van der Waals surface area contributed by atoms with Gasteiger partial charge in [-0.2, -0.15) is 0 Å². The third kappa shape index (κ3) is 5.12. The van der Waals surface area contributed by atoms with Gasteiger partial charge in [0.2, 0.25) is 5.91 Å². The van der Waals surface area contributed by atoms with Crippen molar-refractivity contribution in [3.8, 4) is 11.1 Å². The summed E-state index contributed by atoms with van der Waals surface area (Å²) in [5.74, 6) is -0.629. The molecule has 3 aromatic rings. The molecule has 1 aliphatic rings. The summed E-state index contributed by atoms with van der Waals surface area (Å²) >= 11 is 6.50. The number of halogens is 3. The Labute approximate surface area is 196 Å². The molecular formula is C24H24ClF2N5O. The number of carbonyl (C=O) groups is 1. The number of hydrogen-bond acceptors (Lipinski definition) is 5. The zero-order valence-electron chi connectivity index (χ0n) is 18.4. The first-order chi connectivity index (χ1) is 15.8. The molecule has 9 heteroatoms. The van der Waals surface area contributed by atoms with Crippen LogP contribution in [0.2, 0.25) is 5.02 Å². The third-order valence-corrected chi connectivity index (χ3v) is 5.86. The van der Waals surface area contributed by atoms with Crippen molar-refractivity contribution in [2.75, 3.05) is 51.7 Å². The van der Waals surface area contributed by atoms with Gasteiger partial charge in [0.05, 0.1) is 5.52 Å². The molecule has 172 valence electrons. The molecular weight excluding hydrogens is 448 g/mol. The van der Waals surface area contributed by atoms with Crippen LogP contribution in [0, 0.1) is 11.6 Å². The lowest BCUT2D eigenvalue weighted by Gasteiger charge is -2.35. The summed E-state index contributed by atoms with van der Waals surface area (Å²) in [6.45, 7) is 3.09. The standard InChI is InChI=1S/C24H24ClF2N5O/c1-30(2)7-3-4-23(33)31-8-10-32(11-9-31)24-19-13-20(25)18(14-22(19)28-15-29-24)17-6-5-16(26)12-21(17)27/h3-6,12-15H,7-11H2,1-2H3/b4-3+. The van der Waals surface area contributed by atoms with Crippen molar-refractivity contribution in [3.63, 3.8) is 0 Å². The van der Waals surface area contributed by atoms with Crippen LogP contribution in [0.3, 0.4) is 0 Å². The molecule has 0 unspecified atom stereocenters. The van der Waals surface area contributed by atoms with Crippen molar-refractivity contribution >= 4 is 34.2 Å². The SMILES string of the molecule is CN(C)C/C=C/C(=O)N1CCN(c2ncnc3cc(-c4ccc(F)cc4F)c(Cl)cc23)CC1. The van der Waals surface area contributed by atoms with Gasteiger partial charge in [-0.25, -0.2) is 18.7 Å². The minimum absolute atomic E-state index is 0.00180. The number of anilines is 1. The van der Waals surface area contributed by atoms with E-state index in [1.165, 1.54) is 18.5 Å². The number of likely N-dealkylation sites (N-methyl/N-ethyl adjacent to an activating group) is 1. The Morgan fingerprint density at radius 3 is 2.55 bits per heavy atom. The van der Waals surface area contributed by atoms with Crippen molar-refractivity contribution < 1.29 is 13.6 Å². The largest absolute Gasteiger partial charge is 0.352 e. The van der Waals surface area contributed by atoms with Gasteiger partial charge in [0, 0.05) is 66.4 Å². The molecule has 0 aliphatic carbocycles. The highest BCUT2D eigenvalue weighted by Crippen LogP contribution is 2.36. The Kier molecular flexibility index (Phi) is 6.85. The number of rotatable bonds is 5. The average molecular weight is 472 g/mol. The smallest absolute Gasteiger partial charge is 0.246 e. The van der Waals surface area contributed by atoms with Crippen molar-refractivity contribution in [1.82, 2.24) is 19.8 Å². The molecule has 4 rings (SSSR count). The number of benzene rings is 2. The lowest BCUT2D eigenvalue weighted by atomic mass is 10.0. The first-order valence-corrected chi connectivity index (χ1v) is 11.0. The molecule has 0 saturated carbocycles. The number of fused-ring (bicyclic) bond motifs is 1. The van der Waals surface area contributed by atoms with Crippen LogP contribution in [0.5, 0.6) is 0 Å². The molecule has 2 heterocycles. The van der Waals surface area contributed by atoms with E-state index in [4.69, 9.17) is 11.6 Å². The minimum atomic E-state index is -0.689. The van der Waals surface area contributed by atoms with E-state index in [9.17, 15) is 13.6 Å². The van der Waals surface area contributed by atoms with E-state index < -0.39 is 11.6 Å². The zero-order valence-corrected chi connectivity index (χ0v) is 19.2. The van der Waals surface area contributed by atoms with Crippen molar-refractivity contribution in [2.24, 2.45) is 0 Å². The average Bonchev–Trinajstić information content (AvgIpc) is 2.78. The topological polar surface area (TPSA) is 52.6 Å². The second kappa shape index (κ2) is 9.80.